The summed E-state index contributed by atoms with van der Waals surface area (Å²) >= 11 is 3.48. The molecule has 0 aliphatic carbocycles. The van der Waals surface area contributed by atoms with Gasteiger partial charge < -0.3 is 15.1 Å². The number of aromatic amines is 1. The molecule has 0 bridgehead atoms. The fraction of sp³-hybridized carbons (Fsp3) is 0.424. The number of nitrogens with one attached hydrogen (secondary N) is 2. The van der Waals surface area contributed by atoms with E-state index in [2.05, 4.69) is 98.8 Å². The van der Waals surface area contributed by atoms with Crippen LogP contribution in [0.4, 0.5) is 17.5 Å². The van der Waals surface area contributed by atoms with Crippen molar-refractivity contribution >= 4 is 41.0 Å². The number of rotatable bonds is 10. The predicted molar refractivity (Wildman–Crippen MR) is 179 cm³/mol. The monoisotopic (exact) mass is 614 g/mol. The van der Waals surface area contributed by atoms with Gasteiger partial charge in [-0.3, -0.25) is 10.00 Å². The van der Waals surface area contributed by atoms with Crippen LogP contribution in [0.15, 0.2) is 75.6 Å². The second-order valence-electron chi connectivity index (χ2n) is 11.5. The minimum absolute atomic E-state index is 0.703. The predicted octanol–water partition coefficient (Wildman–Crippen LogP) is 6.47. The first-order valence-corrected chi connectivity index (χ1v) is 17.2. The summed E-state index contributed by atoms with van der Waals surface area (Å²) in [6.45, 7) is 10.7. The highest BCUT2D eigenvalue weighted by molar-refractivity contribution is 7.99. The molecule has 226 valence electrons. The number of thioether (sulfide) groups is 1. The van der Waals surface area contributed by atoms with E-state index in [0.29, 0.717) is 6.04 Å². The maximum atomic E-state index is 5.20. The van der Waals surface area contributed by atoms with Gasteiger partial charge in [0, 0.05) is 65.1 Å². The highest BCUT2D eigenvalue weighted by atomic mass is 32.2. The van der Waals surface area contributed by atoms with Crippen molar-refractivity contribution < 1.29 is 0 Å². The largest absolute Gasteiger partial charge is 0.354 e. The van der Waals surface area contributed by atoms with E-state index in [1.807, 2.05) is 24.8 Å². The number of piperidine rings is 1. The third-order valence-electron chi connectivity index (χ3n) is 8.37. The second-order valence-corrected chi connectivity index (χ2v) is 13.6. The minimum atomic E-state index is 0.703. The van der Waals surface area contributed by atoms with Crippen molar-refractivity contribution in [1.82, 2.24) is 30.0 Å². The third kappa shape index (κ3) is 7.73. The van der Waals surface area contributed by atoms with Crippen LogP contribution in [0.25, 0.3) is 0 Å². The van der Waals surface area contributed by atoms with Gasteiger partial charge in [-0.15, -0.1) is 11.8 Å². The molecule has 0 saturated carbocycles. The van der Waals surface area contributed by atoms with Gasteiger partial charge in [0.1, 0.15) is 11.6 Å². The van der Waals surface area contributed by atoms with Gasteiger partial charge in [-0.25, -0.2) is 9.97 Å². The molecule has 0 unspecified atom stereocenters. The van der Waals surface area contributed by atoms with Crippen LogP contribution >= 0.6 is 23.5 Å². The Balaban J connectivity index is 1.20. The molecule has 2 aromatic heterocycles. The average molecular weight is 615 g/mol. The lowest BCUT2D eigenvalue weighted by Gasteiger charge is -2.42. The van der Waals surface area contributed by atoms with Crippen molar-refractivity contribution in [3.63, 3.8) is 0 Å². The van der Waals surface area contributed by atoms with Crippen LogP contribution in [0.2, 0.25) is 0 Å². The van der Waals surface area contributed by atoms with Gasteiger partial charge in [0.2, 0.25) is 0 Å². The highest BCUT2D eigenvalue weighted by Crippen LogP contribution is 2.35. The summed E-state index contributed by atoms with van der Waals surface area (Å²) in [5.41, 5.74) is 3.49. The number of aryl methyl sites for hydroxylation is 1. The Kier molecular flexibility index (Phi) is 9.88. The minimum Gasteiger partial charge on any atom is -0.354 e. The Morgan fingerprint density at radius 2 is 1.63 bits per heavy atom. The molecule has 8 nitrogen and oxygen atoms in total. The number of likely N-dealkylation sites (tertiary alicyclic amines) is 1. The van der Waals surface area contributed by atoms with Crippen LogP contribution in [0.3, 0.4) is 0 Å². The van der Waals surface area contributed by atoms with Gasteiger partial charge in [-0.2, -0.15) is 5.10 Å². The van der Waals surface area contributed by atoms with Crippen molar-refractivity contribution in [2.75, 3.05) is 56.5 Å². The number of nitrogens with zero attached hydrogens (tertiary/aromatic N) is 6. The molecule has 0 atom stereocenters. The van der Waals surface area contributed by atoms with E-state index in [4.69, 9.17) is 9.97 Å². The Morgan fingerprint density at radius 1 is 0.907 bits per heavy atom. The molecule has 4 aromatic rings. The number of benzene rings is 2. The molecule has 0 amide bonds. The van der Waals surface area contributed by atoms with Crippen LogP contribution in [-0.2, 0) is 12.2 Å². The topological polar surface area (TPSA) is 76.2 Å². The number of H-pyrrole nitrogens is 1. The Bertz CT molecular complexity index is 1460. The normalized spacial score (nSPS) is 17.0. The maximum Gasteiger partial charge on any atom is 0.196 e. The third-order valence-corrected chi connectivity index (χ3v) is 10.3. The maximum absolute atomic E-state index is 5.20. The van der Waals surface area contributed by atoms with Gasteiger partial charge in [-0.1, -0.05) is 37.3 Å². The zero-order valence-corrected chi connectivity index (χ0v) is 27.1. The summed E-state index contributed by atoms with van der Waals surface area (Å²) in [5.74, 6) is 3.63. The zero-order valence-electron chi connectivity index (χ0n) is 25.4. The molecule has 10 heteroatoms. The quantitative estimate of drug-likeness (QED) is 0.154. The first-order valence-electron chi connectivity index (χ1n) is 15.4. The van der Waals surface area contributed by atoms with Crippen LogP contribution in [-0.4, -0.2) is 82.3 Å². The molecular formula is C33H42N8S2. The standard InChI is InChI=1S/C33H42N8S2/c1-4-29-31(34-30-22-24(2)37-38-30)35-33(43-28-12-10-27(11-13-28)42-23-25-8-6-5-7-9-25)36-32(29)41-20-18-40(19-21-41)26-14-16-39(3)17-15-26/h5-13,22,26H,4,14-21,23H2,1-3H3,(H2,34,35,36,37,38). The van der Waals surface area contributed by atoms with Gasteiger partial charge in [0.15, 0.2) is 11.0 Å². The van der Waals surface area contributed by atoms with E-state index in [1.54, 1.807) is 11.8 Å². The number of aromatic nitrogens is 4. The van der Waals surface area contributed by atoms with Crippen molar-refractivity contribution in [3.8, 4) is 0 Å². The van der Waals surface area contributed by atoms with Crippen LogP contribution in [0.5, 0.6) is 0 Å². The van der Waals surface area contributed by atoms with E-state index in [9.17, 15) is 0 Å². The summed E-state index contributed by atoms with van der Waals surface area (Å²) in [6.07, 6.45) is 3.38. The number of anilines is 3. The van der Waals surface area contributed by atoms with Crippen molar-refractivity contribution in [1.29, 1.82) is 0 Å². The molecule has 0 radical (unpaired) electrons. The smallest absolute Gasteiger partial charge is 0.196 e. The Labute approximate surface area is 264 Å². The summed E-state index contributed by atoms with van der Waals surface area (Å²) in [6, 6.07) is 22.1. The van der Waals surface area contributed by atoms with Crippen molar-refractivity contribution in [3.05, 3.63) is 77.5 Å². The zero-order chi connectivity index (χ0) is 29.6. The second kappa shape index (κ2) is 14.2. The lowest BCUT2D eigenvalue weighted by atomic mass is 10.0. The molecule has 4 heterocycles. The van der Waals surface area contributed by atoms with Gasteiger partial charge >= 0.3 is 0 Å². The number of piperazine rings is 1. The molecule has 0 spiro atoms. The first kappa shape index (κ1) is 30.0. The van der Waals surface area contributed by atoms with Gasteiger partial charge in [-0.05, 0) is 87.9 Å². The fourth-order valence-electron chi connectivity index (χ4n) is 5.90. The molecular weight excluding hydrogens is 573 g/mol. The van der Waals surface area contributed by atoms with Crippen molar-refractivity contribution in [2.45, 2.75) is 59.9 Å². The summed E-state index contributed by atoms with van der Waals surface area (Å²) < 4.78 is 0. The first-order chi connectivity index (χ1) is 21.0. The van der Waals surface area contributed by atoms with E-state index < -0.39 is 0 Å². The van der Waals surface area contributed by atoms with Crippen LogP contribution in [0, 0.1) is 6.92 Å². The van der Waals surface area contributed by atoms with E-state index in [1.165, 1.54) is 36.4 Å². The average Bonchev–Trinajstić information content (AvgIpc) is 3.45. The number of hydrogen-bond acceptors (Lipinski definition) is 9. The molecule has 2 aliphatic heterocycles. The summed E-state index contributed by atoms with van der Waals surface area (Å²) in [5, 5.41) is 11.7. The fourth-order valence-corrected chi connectivity index (χ4v) is 7.51. The molecule has 2 N–H and O–H groups in total. The van der Waals surface area contributed by atoms with Gasteiger partial charge in [0.25, 0.3) is 0 Å². The SMILES string of the molecule is CCc1c(Nc2cc(C)[nH]n2)nc(Sc2ccc(SCc3ccccc3)cc2)nc1N1CCN(C2CCN(C)CC2)CC1. The summed E-state index contributed by atoms with van der Waals surface area (Å²) in [4.78, 5) is 20.2. The summed E-state index contributed by atoms with van der Waals surface area (Å²) in [7, 11) is 2.24. The van der Waals surface area contributed by atoms with Gasteiger partial charge in [0.05, 0.1) is 0 Å². The number of hydrogen-bond donors (Lipinski definition) is 2. The van der Waals surface area contributed by atoms with E-state index in [0.717, 1.165) is 77.1 Å². The Morgan fingerprint density at radius 3 is 2.30 bits per heavy atom. The van der Waals surface area contributed by atoms with Crippen molar-refractivity contribution in [2.24, 2.45) is 0 Å². The van der Waals surface area contributed by atoms with Crippen LogP contribution < -0.4 is 10.2 Å². The van der Waals surface area contributed by atoms with E-state index in [-0.39, 0.29) is 0 Å². The van der Waals surface area contributed by atoms with Crippen LogP contribution in [0.1, 0.15) is 36.6 Å². The Hall–Kier alpha value is -3.05. The molecule has 2 aliphatic rings. The highest BCUT2D eigenvalue weighted by Gasteiger charge is 2.29. The molecule has 2 aromatic carbocycles. The van der Waals surface area contributed by atoms with E-state index >= 15 is 0 Å². The molecule has 2 fully saturated rings. The molecule has 43 heavy (non-hydrogen) atoms. The lowest BCUT2D eigenvalue weighted by molar-refractivity contribution is 0.115. The molecule has 2 saturated heterocycles. The molecule has 6 rings (SSSR count). The lowest BCUT2D eigenvalue weighted by Crippen LogP contribution is -2.53.